The molecule has 2 rings (SSSR count). The maximum atomic E-state index is 12.1. The van der Waals surface area contributed by atoms with E-state index in [9.17, 15) is 9.59 Å². The van der Waals surface area contributed by atoms with Crippen LogP contribution in [0.5, 0.6) is 5.75 Å². The number of ether oxygens (including phenoxy) is 1. The molecular weight excluding hydrogens is 342 g/mol. The maximum Gasteiger partial charge on any atom is 0.220 e. The van der Waals surface area contributed by atoms with Gasteiger partial charge in [0.15, 0.2) is 5.78 Å². The summed E-state index contributed by atoms with van der Waals surface area (Å²) in [5.41, 5.74) is 0.618. The van der Waals surface area contributed by atoms with Crippen molar-refractivity contribution in [2.24, 2.45) is 0 Å². The first-order valence-electron chi connectivity index (χ1n) is 8.65. The predicted molar refractivity (Wildman–Crippen MR) is 101 cm³/mol. The Balaban J connectivity index is 0.00000312. The van der Waals surface area contributed by atoms with Crippen LogP contribution in [0.25, 0.3) is 0 Å². The predicted octanol–water partition coefficient (Wildman–Crippen LogP) is 1.49. The first-order chi connectivity index (χ1) is 11.7. The molecule has 25 heavy (non-hydrogen) atoms. The number of benzene rings is 1. The number of carbonyl (C=O) groups is 2. The van der Waals surface area contributed by atoms with Crippen LogP contribution in [0.2, 0.25) is 0 Å². The standard InChI is InChI=1S/C18H27N3O3.ClH/c1-2-24-16-5-3-15(4-6-16)17(22)7-8-18(23)20-11-14-21-12-9-19-10-13-21;/h3-6,19H,2,7-14H2,1H3,(H,20,23);1H. The second kappa shape index (κ2) is 11.8. The van der Waals surface area contributed by atoms with Gasteiger partial charge in [0.2, 0.25) is 5.91 Å². The highest BCUT2D eigenvalue weighted by Crippen LogP contribution is 2.14. The summed E-state index contributed by atoms with van der Waals surface area (Å²) in [6, 6.07) is 7.06. The number of halogens is 1. The molecule has 0 atom stereocenters. The van der Waals surface area contributed by atoms with Crippen molar-refractivity contribution in [2.75, 3.05) is 45.9 Å². The van der Waals surface area contributed by atoms with Crippen molar-refractivity contribution < 1.29 is 14.3 Å². The monoisotopic (exact) mass is 369 g/mol. The first-order valence-corrected chi connectivity index (χ1v) is 8.65. The van der Waals surface area contributed by atoms with E-state index in [1.165, 1.54) is 0 Å². The van der Waals surface area contributed by atoms with Gasteiger partial charge in [0, 0.05) is 57.7 Å². The number of hydrogen-bond acceptors (Lipinski definition) is 5. The van der Waals surface area contributed by atoms with Gasteiger partial charge in [-0.25, -0.2) is 0 Å². The number of piperazine rings is 1. The normalized spacial score (nSPS) is 14.4. The SMILES string of the molecule is CCOc1ccc(C(=O)CCC(=O)NCCN2CCNCC2)cc1.Cl. The number of carbonyl (C=O) groups excluding carboxylic acids is 2. The molecule has 1 aromatic carbocycles. The molecule has 7 heteroatoms. The number of nitrogens with zero attached hydrogens (tertiary/aromatic N) is 1. The minimum Gasteiger partial charge on any atom is -0.494 e. The molecule has 0 bridgehead atoms. The van der Waals surface area contributed by atoms with Gasteiger partial charge in [-0.05, 0) is 31.2 Å². The van der Waals surface area contributed by atoms with E-state index in [2.05, 4.69) is 15.5 Å². The minimum absolute atomic E-state index is 0. The summed E-state index contributed by atoms with van der Waals surface area (Å²) in [6.45, 7) is 8.06. The molecule has 1 saturated heterocycles. The topological polar surface area (TPSA) is 70.7 Å². The second-order valence-corrected chi connectivity index (χ2v) is 5.82. The summed E-state index contributed by atoms with van der Waals surface area (Å²) < 4.78 is 5.35. The lowest BCUT2D eigenvalue weighted by molar-refractivity contribution is -0.121. The van der Waals surface area contributed by atoms with Crippen LogP contribution in [0.3, 0.4) is 0 Å². The molecule has 1 aliphatic rings. The van der Waals surface area contributed by atoms with Crippen LogP contribution in [0.4, 0.5) is 0 Å². The zero-order chi connectivity index (χ0) is 17.2. The van der Waals surface area contributed by atoms with Crippen molar-refractivity contribution in [3.8, 4) is 5.75 Å². The molecule has 0 aliphatic carbocycles. The third-order valence-corrected chi connectivity index (χ3v) is 4.03. The summed E-state index contributed by atoms with van der Waals surface area (Å²) in [5, 5.41) is 6.19. The van der Waals surface area contributed by atoms with Crippen molar-refractivity contribution in [3.63, 3.8) is 0 Å². The Morgan fingerprint density at radius 1 is 1.16 bits per heavy atom. The Labute approximate surface area is 155 Å². The van der Waals surface area contributed by atoms with Crippen LogP contribution < -0.4 is 15.4 Å². The third-order valence-electron chi connectivity index (χ3n) is 4.03. The van der Waals surface area contributed by atoms with Gasteiger partial charge in [0.25, 0.3) is 0 Å². The van der Waals surface area contributed by atoms with Crippen LogP contribution in [0, 0.1) is 0 Å². The molecule has 2 N–H and O–H groups in total. The Kier molecular flexibility index (Phi) is 10.1. The van der Waals surface area contributed by atoms with Gasteiger partial charge in [-0.3, -0.25) is 14.5 Å². The fourth-order valence-corrected chi connectivity index (χ4v) is 2.65. The van der Waals surface area contributed by atoms with E-state index in [0.717, 1.165) is 38.5 Å². The van der Waals surface area contributed by atoms with Crippen molar-refractivity contribution in [3.05, 3.63) is 29.8 Å². The van der Waals surface area contributed by atoms with E-state index in [1.54, 1.807) is 24.3 Å². The highest BCUT2D eigenvalue weighted by Gasteiger charge is 2.11. The van der Waals surface area contributed by atoms with Crippen molar-refractivity contribution >= 4 is 24.1 Å². The zero-order valence-corrected chi connectivity index (χ0v) is 15.6. The van der Waals surface area contributed by atoms with Crippen LogP contribution in [-0.2, 0) is 4.79 Å². The maximum absolute atomic E-state index is 12.1. The third kappa shape index (κ3) is 7.86. The average Bonchev–Trinajstić information content (AvgIpc) is 2.61. The molecule has 0 spiro atoms. The van der Waals surface area contributed by atoms with Crippen molar-refractivity contribution in [2.45, 2.75) is 19.8 Å². The van der Waals surface area contributed by atoms with Gasteiger partial charge in [0.05, 0.1) is 6.61 Å². The summed E-state index contributed by atoms with van der Waals surface area (Å²) in [6.07, 6.45) is 0.459. The molecule has 1 aromatic rings. The summed E-state index contributed by atoms with van der Waals surface area (Å²) in [7, 11) is 0. The average molecular weight is 370 g/mol. The van der Waals surface area contributed by atoms with E-state index in [0.29, 0.717) is 18.7 Å². The number of nitrogens with one attached hydrogen (secondary N) is 2. The Morgan fingerprint density at radius 3 is 2.48 bits per heavy atom. The van der Waals surface area contributed by atoms with E-state index < -0.39 is 0 Å². The molecule has 0 unspecified atom stereocenters. The first kappa shape index (κ1) is 21.4. The number of Topliss-reactive ketones (excluding diaryl/α,β-unsaturated/α-hetero) is 1. The molecule has 1 fully saturated rings. The molecule has 0 aromatic heterocycles. The lowest BCUT2D eigenvalue weighted by Crippen LogP contribution is -2.46. The largest absolute Gasteiger partial charge is 0.494 e. The molecule has 140 valence electrons. The van der Waals surface area contributed by atoms with Gasteiger partial charge in [-0.15, -0.1) is 12.4 Å². The van der Waals surface area contributed by atoms with Gasteiger partial charge in [-0.2, -0.15) is 0 Å². The summed E-state index contributed by atoms with van der Waals surface area (Å²) in [5.74, 6) is 0.666. The van der Waals surface area contributed by atoms with Gasteiger partial charge in [0.1, 0.15) is 5.75 Å². The highest BCUT2D eigenvalue weighted by atomic mass is 35.5. The van der Waals surface area contributed by atoms with E-state index in [-0.39, 0.29) is 36.9 Å². The lowest BCUT2D eigenvalue weighted by atomic mass is 10.1. The van der Waals surface area contributed by atoms with Gasteiger partial charge >= 0.3 is 0 Å². The van der Waals surface area contributed by atoms with Crippen LogP contribution in [-0.4, -0.2) is 62.5 Å². The Bertz CT molecular complexity index is 531. The number of hydrogen-bond donors (Lipinski definition) is 2. The van der Waals surface area contributed by atoms with Gasteiger partial charge in [-0.1, -0.05) is 0 Å². The molecule has 1 heterocycles. The second-order valence-electron chi connectivity index (χ2n) is 5.82. The van der Waals surface area contributed by atoms with Crippen LogP contribution in [0.1, 0.15) is 30.1 Å². The van der Waals surface area contributed by atoms with Crippen LogP contribution in [0.15, 0.2) is 24.3 Å². The molecule has 1 amide bonds. The molecule has 0 radical (unpaired) electrons. The van der Waals surface area contributed by atoms with Gasteiger partial charge < -0.3 is 15.4 Å². The number of rotatable bonds is 9. The van der Waals surface area contributed by atoms with E-state index in [4.69, 9.17) is 4.74 Å². The van der Waals surface area contributed by atoms with E-state index >= 15 is 0 Å². The summed E-state index contributed by atoms with van der Waals surface area (Å²) >= 11 is 0. The quantitative estimate of drug-likeness (QED) is 0.645. The lowest BCUT2D eigenvalue weighted by Gasteiger charge is -2.27. The molecular formula is C18H28ClN3O3. The smallest absolute Gasteiger partial charge is 0.220 e. The van der Waals surface area contributed by atoms with Crippen LogP contribution >= 0.6 is 12.4 Å². The van der Waals surface area contributed by atoms with Crippen molar-refractivity contribution in [1.82, 2.24) is 15.5 Å². The fraction of sp³-hybridized carbons (Fsp3) is 0.556. The summed E-state index contributed by atoms with van der Waals surface area (Å²) in [4.78, 5) is 26.3. The number of ketones is 1. The fourth-order valence-electron chi connectivity index (χ4n) is 2.65. The number of amides is 1. The molecule has 6 nitrogen and oxygen atoms in total. The molecule has 1 aliphatic heterocycles. The van der Waals surface area contributed by atoms with Crippen molar-refractivity contribution in [1.29, 1.82) is 0 Å². The zero-order valence-electron chi connectivity index (χ0n) is 14.8. The molecule has 0 saturated carbocycles. The Morgan fingerprint density at radius 2 is 1.84 bits per heavy atom. The highest BCUT2D eigenvalue weighted by molar-refractivity contribution is 5.98. The Hall–Kier alpha value is -1.63. The minimum atomic E-state index is -0.0654. The van der Waals surface area contributed by atoms with E-state index in [1.807, 2.05) is 6.92 Å².